The predicted octanol–water partition coefficient (Wildman–Crippen LogP) is 0.474. The maximum atomic E-state index is 11.2. The van der Waals surface area contributed by atoms with Crippen LogP contribution < -0.4 is 11.0 Å². The largest absolute Gasteiger partial charge is 0.338 e. The number of H-pyrrole nitrogens is 2. The van der Waals surface area contributed by atoms with E-state index in [4.69, 9.17) is 17.1 Å². The molecule has 0 fully saturated rings. The minimum absolute atomic E-state index is 0.198. The van der Waals surface area contributed by atoms with E-state index in [9.17, 15) is 4.79 Å². The third kappa shape index (κ3) is 3.10. The number of rotatable bonds is 4. The van der Waals surface area contributed by atoms with Crippen LogP contribution in [0.15, 0.2) is 11.0 Å². The first-order valence-electron chi connectivity index (χ1n) is 3.89. The van der Waals surface area contributed by atoms with Gasteiger partial charge in [-0.15, -0.1) is 0 Å². The average molecular weight is 201 g/mol. The molecule has 1 heterocycles. The van der Waals surface area contributed by atoms with Crippen molar-refractivity contribution in [1.82, 2.24) is 15.4 Å². The van der Waals surface area contributed by atoms with Crippen LogP contribution in [0.2, 0.25) is 0 Å². The van der Waals surface area contributed by atoms with Crippen molar-refractivity contribution in [2.75, 3.05) is 6.61 Å². The molecule has 0 bridgehead atoms. The smallest absolute Gasteiger partial charge is 0.256 e. The van der Waals surface area contributed by atoms with Crippen molar-refractivity contribution in [3.05, 3.63) is 26.9 Å². The molecule has 0 atom stereocenters. The molecule has 0 spiro atoms. The van der Waals surface area contributed by atoms with Crippen LogP contribution in [0.4, 0.5) is 0 Å². The van der Waals surface area contributed by atoms with E-state index in [0.717, 1.165) is 0 Å². The Morgan fingerprint density at radius 1 is 1.69 bits per heavy atom. The second kappa shape index (κ2) is 4.90. The molecule has 0 aliphatic carbocycles. The van der Waals surface area contributed by atoms with Crippen molar-refractivity contribution in [2.24, 2.45) is 0 Å². The summed E-state index contributed by atoms with van der Waals surface area (Å²) in [6.07, 6.45) is 1.56. The zero-order valence-electron chi connectivity index (χ0n) is 7.22. The highest BCUT2D eigenvalue weighted by Gasteiger charge is 1.97. The Morgan fingerprint density at radius 3 is 3.08 bits per heavy atom. The van der Waals surface area contributed by atoms with Gasteiger partial charge in [0.15, 0.2) is 4.77 Å². The summed E-state index contributed by atoms with van der Waals surface area (Å²) in [4.78, 5) is 21.3. The molecule has 0 unspecified atom stereocenters. The standard InChI is InChI=1S/C7H11N3O2S/c1-2-12-9-4-5-3-8-7(13)10-6(5)11/h3,9H,2,4H2,1H3,(H2,8,10,11,13). The minimum Gasteiger partial charge on any atom is -0.338 e. The highest BCUT2D eigenvalue weighted by Crippen LogP contribution is 1.85. The van der Waals surface area contributed by atoms with Crippen LogP contribution in [0, 0.1) is 4.77 Å². The lowest BCUT2D eigenvalue weighted by molar-refractivity contribution is 0.0460. The van der Waals surface area contributed by atoms with E-state index < -0.39 is 0 Å². The summed E-state index contributed by atoms with van der Waals surface area (Å²) in [5.41, 5.74) is 3.00. The molecule has 0 aromatic carbocycles. The van der Waals surface area contributed by atoms with E-state index in [1.807, 2.05) is 6.92 Å². The van der Waals surface area contributed by atoms with Crippen molar-refractivity contribution in [3.8, 4) is 0 Å². The number of hydrogen-bond donors (Lipinski definition) is 3. The molecule has 72 valence electrons. The fraction of sp³-hybridized carbons (Fsp3) is 0.429. The molecular formula is C7H11N3O2S. The van der Waals surface area contributed by atoms with Crippen LogP contribution in [-0.4, -0.2) is 16.6 Å². The fourth-order valence-electron chi connectivity index (χ4n) is 0.800. The van der Waals surface area contributed by atoms with E-state index in [0.29, 0.717) is 23.5 Å². The number of hydroxylamine groups is 1. The van der Waals surface area contributed by atoms with Crippen LogP contribution in [0.5, 0.6) is 0 Å². The Morgan fingerprint density at radius 2 is 2.46 bits per heavy atom. The van der Waals surface area contributed by atoms with Crippen molar-refractivity contribution in [2.45, 2.75) is 13.5 Å². The lowest BCUT2D eigenvalue weighted by atomic mass is 10.3. The first-order valence-corrected chi connectivity index (χ1v) is 4.30. The van der Waals surface area contributed by atoms with Gasteiger partial charge in [0.05, 0.1) is 13.2 Å². The molecular weight excluding hydrogens is 190 g/mol. The minimum atomic E-state index is -0.198. The van der Waals surface area contributed by atoms with E-state index in [2.05, 4.69) is 15.4 Å². The first-order chi connectivity index (χ1) is 6.24. The van der Waals surface area contributed by atoms with Crippen molar-refractivity contribution in [3.63, 3.8) is 0 Å². The van der Waals surface area contributed by atoms with E-state index in [-0.39, 0.29) is 5.56 Å². The maximum absolute atomic E-state index is 11.2. The zero-order chi connectivity index (χ0) is 9.68. The summed E-state index contributed by atoms with van der Waals surface area (Å²) >= 11 is 4.73. The normalized spacial score (nSPS) is 10.2. The SMILES string of the molecule is CCONCc1c[nH]c(=S)[nH]c1=O. The molecule has 5 nitrogen and oxygen atoms in total. The van der Waals surface area contributed by atoms with E-state index >= 15 is 0 Å². The summed E-state index contributed by atoms with van der Waals surface area (Å²) in [5, 5.41) is 0. The first kappa shape index (κ1) is 10.1. The zero-order valence-corrected chi connectivity index (χ0v) is 8.03. The van der Waals surface area contributed by atoms with Crippen LogP contribution in [0.3, 0.4) is 0 Å². The highest BCUT2D eigenvalue weighted by atomic mass is 32.1. The van der Waals surface area contributed by atoms with Crippen molar-refractivity contribution in [1.29, 1.82) is 0 Å². The number of hydrogen-bond acceptors (Lipinski definition) is 4. The van der Waals surface area contributed by atoms with Crippen LogP contribution in [-0.2, 0) is 11.4 Å². The summed E-state index contributed by atoms with van der Waals surface area (Å²) < 4.78 is 0.324. The van der Waals surface area contributed by atoms with E-state index in [1.54, 1.807) is 6.20 Å². The third-order valence-electron chi connectivity index (χ3n) is 1.41. The topological polar surface area (TPSA) is 69.9 Å². The lowest BCUT2D eigenvalue weighted by Gasteiger charge is -2.01. The van der Waals surface area contributed by atoms with Gasteiger partial charge in [-0.25, -0.2) is 0 Å². The van der Waals surface area contributed by atoms with Gasteiger partial charge in [0, 0.05) is 11.8 Å². The summed E-state index contributed by atoms with van der Waals surface area (Å²) in [5.74, 6) is 0. The Kier molecular flexibility index (Phi) is 3.81. The summed E-state index contributed by atoms with van der Waals surface area (Å²) in [6, 6.07) is 0. The van der Waals surface area contributed by atoms with Crippen molar-refractivity contribution < 1.29 is 4.84 Å². The molecule has 0 saturated heterocycles. The molecule has 1 aromatic heterocycles. The fourth-order valence-corrected chi connectivity index (χ4v) is 0.951. The van der Waals surface area contributed by atoms with Crippen LogP contribution >= 0.6 is 12.2 Å². The average Bonchev–Trinajstić information content (AvgIpc) is 2.09. The predicted molar refractivity (Wildman–Crippen MR) is 50.7 cm³/mol. The summed E-state index contributed by atoms with van der Waals surface area (Å²) in [6.45, 7) is 2.77. The van der Waals surface area contributed by atoms with Gasteiger partial charge in [0.2, 0.25) is 0 Å². The van der Waals surface area contributed by atoms with Gasteiger partial charge in [-0.1, -0.05) is 0 Å². The molecule has 0 amide bonds. The highest BCUT2D eigenvalue weighted by molar-refractivity contribution is 7.71. The van der Waals surface area contributed by atoms with Gasteiger partial charge in [-0.05, 0) is 19.1 Å². The van der Waals surface area contributed by atoms with Gasteiger partial charge in [-0.2, -0.15) is 5.48 Å². The molecule has 0 saturated carbocycles. The molecule has 0 aliphatic rings. The molecule has 0 radical (unpaired) electrons. The summed E-state index contributed by atoms with van der Waals surface area (Å²) in [7, 11) is 0. The maximum Gasteiger partial charge on any atom is 0.256 e. The van der Waals surface area contributed by atoms with Crippen LogP contribution in [0.25, 0.3) is 0 Å². The molecule has 0 aliphatic heterocycles. The second-order valence-corrected chi connectivity index (χ2v) is 2.76. The van der Waals surface area contributed by atoms with Gasteiger partial charge in [-0.3, -0.25) is 9.78 Å². The Labute approximate surface area is 80.1 Å². The van der Waals surface area contributed by atoms with Gasteiger partial charge < -0.3 is 9.82 Å². The molecule has 13 heavy (non-hydrogen) atoms. The van der Waals surface area contributed by atoms with E-state index in [1.165, 1.54) is 0 Å². The molecule has 1 aromatic rings. The number of nitrogens with one attached hydrogen (secondary N) is 3. The number of aromatic amines is 2. The van der Waals surface area contributed by atoms with Crippen molar-refractivity contribution >= 4 is 12.2 Å². The Hall–Kier alpha value is -0.980. The lowest BCUT2D eigenvalue weighted by Crippen LogP contribution is -2.21. The number of aromatic nitrogens is 2. The van der Waals surface area contributed by atoms with Crippen LogP contribution in [0.1, 0.15) is 12.5 Å². The molecule has 3 N–H and O–H groups in total. The third-order valence-corrected chi connectivity index (χ3v) is 1.63. The quantitative estimate of drug-likeness (QED) is 0.376. The molecule has 6 heteroatoms. The Balaban J connectivity index is 2.67. The monoisotopic (exact) mass is 201 g/mol. The van der Waals surface area contributed by atoms with Gasteiger partial charge >= 0.3 is 0 Å². The van der Waals surface area contributed by atoms with Gasteiger partial charge in [0.25, 0.3) is 5.56 Å². The second-order valence-electron chi connectivity index (χ2n) is 2.35. The Bertz CT molecular complexity index is 370. The van der Waals surface area contributed by atoms with Gasteiger partial charge in [0.1, 0.15) is 0 Å². The molecule has 1 rings (SSSR count).